The van der Waals surface area contributed by atoms with Crippen molar-refractivity contribution >= 4 is 0 Å². The Morgan fingerprint density at radius 2 is 2.12 bits per heavy atom. The van der Waals surface area contributed by atoms with E-state index >= 15 is 0 Å². The zero-order valence-corrected chi connectivity index (χ0v) is 8.67. The lowest BCUT2D eigenvalue weighted by Gasteiger charge is -2.25. The van der Waals surface area contributed by atoms with Crippen LogP contribution in [-0.4, -0.2) is 27.5 Å². The van der Waals surface area contributed by atoms with E-state index in [9.17, 15) is 13.2 Å². The fraction of sp³-hybridized carbons (Fsp3) is 0.778. The maximum absolute atomic E-state index is 12.5. The van der Waals surface area contributed by atoms with Crippen LogP contribution in [0.4, 0.5) is 13.2 Å². The van der Waals surface area contributed by atoms with Crippen LogP contribution in [0.5, 0.6) is 0 Å². The summed E-state index contributed by atoms with van der Waals surface area (Å²) in [5, 5.41) is 7.67. The second kappa shape index (κ2) is 4.04. The number of nitrogens with zero attached hydrogens (tertiary/aromatic N) is 3. The molecule has 0 aromatic carbocycles. The second-order valence-corrected chi connectivity index (χ2v) is 3.95. The number of alkyl halides is 3. The molecule has 2 N–H and O–H groups in total. The van der Waals surface area contributed by atoms with Crippen LogP contribution in [0.15, 0.2) is 0 Å². The van der Waals surface area contributed by atoms with E-state index in [0.29, 0.717) is 31.2 Å². The van der Waals surface area contributed by atoms with Crippen LogP contribution < -0.4 is 5.73 Å². The standard InChI is InChI=1S/C9H13F3N4/c10-9(11,12)6-2-4-16-7(1-3-13)14-15-8(16)5-6/h6H,1-5,13H2/t6-/m0/s1. The molecule has 0 unspecified atom stereocenters. The first kappa shape index (κ1) is 11.4. The monoisotopic (exact) mass is 234 g/mol. The minimum Gasteiger partial charge on any atom is -0.330 e. The summed E-state index contributed by atoms with van der Waals surface area (Å²) in [4.78, 5) is 0. The summed E-state index contributed by atoms with van der Waals surface area (Å²) in [6, 6.07) is 0. The lowest BCUT2D eigenvalue weighted by atomic mass is 9.97. The zero-order valence-electron chi connectivity index (χ0n) is 8.67. The highest BCUT2D eigenvalue weighted by Gasteiger charge is 2.42. The lowest BCUT2D eigenvalue weighted by Crippen LogP contribution is -2.31. The Hall–Kier alpha value is -1.11. The predicted molar refractivity (Wildman–Crippen MR) is 50.6 cm³/mol. The van der Waals surface area contributed by atoms with Gasteiger partial charge in [-0.25, -0.2) is 0 Å². The van der Waals surface area contributed by atoms with Crippen molar-refractivity contribution in [1.29, 1.82) is 0 Å². The van der Waals surface area contributed by atoms with E-state index in [2.05, 4.69) is 10.2 Å². The van der Waals surface area contributed by atoms with Crippen molar-refractivity contribution in [3.63, 3.8) is 0 Å². The molecule has 0 fully saturated rings. The summed E-state index contributed by atoms with van der Waals surface area (Å²) in [7, 11) is 0. The van der Waals surface area contributed by atoms with Gasteiger partial charge in [0.15, 0.2) is 0 Å². The number of hydrogen-bond acceptors (Lipinski definition) is 3. The largest absolute Gasteiger partial charge is 0.392 e. The average Bonchev–Trinajstić information content (AvgIpc) is 2.60. The summed E-state index contributed by atoms with van der Waals surface area (Å²) in [5.74, 6) is -0.162. The number of nitrogens with two attached hydrogens (primary N) is 1. The topological polar surface area (TPSA) is 56.7 Å². The number of fused-ring (bicyclic) bond motifs is 1. The van der Waals surface area contributed by atoms with Crippen LogP contribution in [0, 0.1) is 5.92 Å². The minimum atomic E-state index is -4.13. The molecule has 1 atom stereocenters. The second-order valence-electron chi connectivity index (χ2n) is 3.95. The molecule has 0 saturated carbocycles. The van der Waals surface area contributed by atoms with Crippen LogP contribution in [0.2, 0.25) is 0 Å². The van der Waals surface area contributed by atoms with Crippen molar-refractivity contribution in [2.75, 3.05) is 6.54 Å². The maximum Gasteiger partial charge on any atom is 0.392 e. The third kappa shape index (κ3) is 2.04. The third-order valence-corrected chi connectivity index (χ3v) is 2.87. The van der Waals surface area contributed by atoms with Gasteiger partial charge < -0.3 is 10.3 Å². The molecule has 1 aliphatic rings. The van der Waals surface area contributed by atoms with Crippen molar-refractivity contribution in [2.45, 2.75) is 32.0 Å². The van der Waals surface area contributed by atoms with E-state index in [4.69, 9.17) is 5.73 Å². The third-order valence-electron chi connectivity index (χ3n) is 2.87. The molecule has 7 heteroatoms. The minimum absolute atomic E-state index is 0.0684. The highest BCUT2D eigenvalue weighted by molar-refractivity contribution is 5.01. The predicted octanol–water partition coefficient (Wildman–Crippen LogP) is 0.904. The highest BCUT2D eigenvalue weighted by Crippen LogP contribution is 2.34. The van der Waals surface area contributed by atoms with E-state index in [1.54, 1.807) is 4.57 Å². The van der Waals surface area contributed by atoms with Gasteiger partial charge in [-0.15, -0.1) is 10.2 Å². The van der Waals surface area contributed by atoms with Crippen molar-refractivity contribution < 1.29 is 13.2 Å². The first-order valence-corrected chi connectivity index (χ1v) is 5.20. The Kier molecular flexibility index (Phi) is 2.88. The summed E-state index contributed by atoms with van der Waals surface area (Å²) in [5.41, 5.74) is 5.39. The van der Waals surface area contributed by atoms with Crippen molar-refractivity contribution in [3.8, 4) is 0 Å². The Labute approximate surface area is 90.6 Å². The van der Waals surface area contributed by atoms with Crippen molar-refractivity contribution in [2.24, 2.45) is 11.7 Å². The van der Waals surface area contributed by atoms with Crippen LogP contribution >= 0.6 is 0 Å². The molecule has 0 aliphatic carbocycles. The van der Waals surface area contributed by atoms with E-state index in [1.807, 2.05) is 0 Å². The van der Waals surface area contributed by atoms with Gasteiger partial charge >= 0.3 is 6.18 Å². The molecule has 0 radical (unpaired) electrons. The summed E-state index contributed by atoms with van der Waals surface area (Å²) in [6.45, 7) is 0.767. The Morgan fingerprint density at radius 3 is 2.75 bits per heavy atom. The van der Waals surface area contributed by atoms with Gasteiger partial charge in [0, 0.05) is 19.4 Å². The summed E-state index contributed by atoms with van der Waals surface area (Å²) < 4.78 is 39.3. The van der Waals surface area contributed by atoms with Gasteiger partial charge in [0.05, 0.1) is 5.92 Å². The van der Waals surface area contributed by atoms with Crippen molar-refractivity contribution in [3.05, 3.63) is 11.6 Å². The first-order valence-electron chi connectivity index (χ1n) is 5.20. The molecule has 4 nitrogen and oxygen atoms in total. The van der Waals surface area contributed by atoms with Gasteiger partial charge in [-0.05, 0) is 13.0 Å². The summed E-state index contributed by atoms with van der Waals surface area (Å²) in [6.07, 6.45) is -3.54. The fourth-order valence-electron chi connectivity index (χ4n) is 1.98. The Morgan fingerprint density at radius 1 is 1.38 bits per heavy atom. The molecule has 2 rings (SSSR count). The summed E-state index contributed by atoms with van der Waals surface area (Å²) >= 11 is 0. The number of hydrogen-bond donors (Lipinski definition) is 1. The Balaban J connectivity index is 2.17. The Bertz CT molecular complexity index is 371. The molecule has 90 valence electrons. The molecule has 2 heterocycles. The van der Waals surface area contributed by atoms with Gasteiger partial charge in [-0.1, -0.05) is 0 Å². The van der Waals surface area contributed by atoms with E-state index < -0.39 is 12.1 Å². The van der Waals surface area contributed by atoms with Gasteiger partial charge in [-0.2, -0.15) is 13.2 Å². The number of halogens is 3. The molecule has 1 aromatic heterocycles. The van der Waals surface area contributed by atoms with Gasteiger partial charge in [0.2, 0.25) is 0 Å². The number of aromatic nitrogens is 3. The quantitative estimate of drug-likeness (QED) is 0.827. The fourth-order valence-corrected chi connectivity index (χ4v) is 1.98. The van der Waals surface area contributed by atoms with Gasteiger partial charge in [0.25, 0.3) is 0 Å². The zero-order chi connectivity index (χ0) is 11.8. The van der Waals surface area contributed by atoms with Crippen LogP contribution in [0.1, 0.15) is 18.1 Å². The van der Waals surface area contributed by atoms with Gasteiger partial charge in [-0.3, -0.25) is 0 Å². The average molecular weight is 234 g/mol. The van der Waals surface area contributed by atoms with E-state index in [1.165, 1.54) is 0 Å². The molecule has 1 aliphatic heterocycles. The molecular formula is C9H13F3N4. The molecule has 0 bridgehead atoms. The lowest BCUT2D eigenvalue weighted by molar-refractivity contribution is -0.179. The maximum atomic E-state index is 12.5. The smallest absolute Gasteiger partial charge is 0.330 e. The number of rotatable bonds is 2. The molecular weight excluding hydrogens is 221 g/mol. The highest BCUT2D eigenvalue weighted by atomic mass is 19.4. The van der Waals surface area contributed by atoms with Crippen LogP contribution in [0.3, 0.4) is 0 Å². The normalized spacial score (nSPS) is 20.9. The van der Waals surface area contributed by atoms with E-state index in [0.717, 1.165) is 0 Å². The first-order chi connectivity index (χ1) is 7.52. The van der Waals surface area contributed by atoms with Gasteiger partial charge in [0.1, 0.15) is 11.6 Å². The molecule has 1 aromatic rings. The van der Waals surface area contributed by atoms with E-state index in [-0.39, 0.29) is 12.8 Å². The van der Waals surface area contributed by atoms with Crippen LogP contribution in [0.25, 0.3) is 0 Å². The molecule has 0 saturated heterocycles. The molecule has 0 spiro atoms. The SMILES string of the molecule is NCCc1nnc2n1CC[C@H](C(F)(F)F)C2. The molecule has 0 amide bonds. The molecule has 16 heavy (non-hydrogen) atoms. The van der Waals surface area contributed by atoms with Crippen LogP contribution in [-0.2, 0) is 19.4 Å². The van der Waals surface area contributed by atoms with Crippen molar-refractivity contribution in [1.82, 2.24) is 14.8 Å².